The van der Waals surface area contributed by atoms with Gasteiger partial charge in [-0.05, 0) is 18.2 Å². The number of nitrogens with zero attached hydrogens (tertiary/aromatic N) is 4. The number of hydrogen-bond acceptors (Lipinski definition) is 8. The first-order chi connectivity index (χ1) is 9.66. The Balaban J connectivity index is 2.32. The van der Waals surface area contributed by atoms with Gasteiger partial charge in [0.15, 0.2) is 5.75 Å². The minimum atomic E-state index is -0.0230. The summed E-state index contributed by atoms with van der Waals surface area (Å²) < 4.78 is 15.2. The van der Waals surface area contributed by atoms with Crippen molar-refractivity contribution in [3.8, 4) is 29.9 Å². The van der Waals surface area contributed by atoms with E-state index >= 15 is 0 Å². The standard InChI is InChI=1S/C12H11N5O3/c1-18-10-15-11(19-2)17-12(16-10)20-9-4-3-7(6-13)5-8(9)14/h3-5H,14H2,1-2H3. The molecule has 1 aromatic carbocycles. The van der Waals surface area contributed by atoms with E-state index in [0.717, 1.165) is 0 Å². The molecule has 0 bridgehead atoms. The van der Waals surface area contributed by atoms with Crippen LogP contribution in [0.1, 0.15) is 5.56 Å². The lowest BCUT2D eigenvalue weighted by molar-refractivity contribution is 0.320. The maximum absolute atomic E-state index is 8.77. The highest BCUT2D eigenvalue weighted by Crippen LogP contribution is 2.27. The molecule has 8 nitrogen and oxygen atoms in total. The number of nitrogen functional groups attached to an aromatic ring is 1. The van der Waals surface area contributed by atoms with E-state index in [-0.39, 0.29) is 18.0 Å². The van der Waals surface area contributed by atoms with E-state index in [4.69, 9.17) is 25.2 Å². The molecule has 8 heteroatoms. The molecule has 0 saturated heterocycles. The molecular weight excluding hydrogens is 262 g/mol. The largest absolute Gasteiger partial charge is 0.467 e. The Bertz CT molecular complexity index is 646. The third kappa shape index (κ3) is 2.84. The van der Waals surface area contributed by atoms with Gasteiger partial charge in [0.25, 0.3) is 0 Å². The van der Waals surface area contributed by atoms with Crippen LogP contribution in [0.2, 0.25) is 0 Å². The molecule has 0 saturated carbocycles. The van der Waals surface area contributed by atoms with Gasteiger partial charge in [0.05, 0.1) is 31.5 Å². The quantitative estimate of drug-likeness (QED) is 0.824. The molecule has 2 aromatic rings. The summed E-state index contributed by atoms with van der Waals surface area (Å²) in [6.45, 7) is 0. The Labute approximate surface area is 114 Å². The third-order valence-corrected chi connectivity index (χ3v) is 2.28. The number of nitriles is 1. The molecule has 0 spiro atoms. The first-order valence-electron chi connectivity index (χ1n) is 5.47. The minimum Gasteiger partial charge on any atom is -0.467 e. The second kappa shape index (κ2) is 5.71. The van der Waals surface area contributed by atoms with Gasteiger partial charge >= 0.3 is 18.0 Å². The zero-order valence-corrected chi connectivity index (χ0v) is 10.8. The number of aromatic nitrogens is 3. The summed E-state index contributed by atoms with van der Waals surface area (Å²) in [4.78, 5) is 11.7. The van der Waals surface area contributed by atoms with Crippen LogP contribution in [0.25, 0.3) is 0 Å². The topological polar surface area (TPSA) is 116 Å². The third-order valence-electron chi connectivity index (χ3n) is 2.28. The van der Waals surface area contributed by atoms with Crippen molar-refractivity contribution in [3.05, 3.63) is 23.8 Å². The molecule has 0 aliphatic heterocycles. The molecule has 1 aromatic heterocycles. The van der Waals surface area contributed by atoms with E-state index in [1.54, 1.807) is 12.1 Å². The maximum Gasteiger partial charge on any atom is 0.331 e. The molecule has 102 valence electrons. The molecule has 2 N–H and O–H groups in total. The summed E-state index contributed by atoms with van der Waals surface area (Å²) in [6, 6.07) is 6.68. The normalized spacial score (nSPS) is 9.65. The monoisotopic (exact) mass is 273 g/mol. The molecule has 0 fully saturated rings. The smallest absolute Gasteiger partial charge is 0.331 e. The molecule has 0 aliphatic carbocycles. The van der Waals surface area contributed by atoms with Gasteiger partial charge in [-0.3, -0.25) is 0 Å². The van der Waals surface area contributed by atoms with Crippen LogP contribution < -0.4 is 19.9 Å². The van der Waals surface area contributed by atoms with Crippen molar-refractivity contribution in [2.24, 2.45) is 0 Å². The number of benzene rings is 1. The molecule has 20 heavy (non-hydrogen) atoms. The number of anilines is 1. The van der Waals surface area contributed by atoms with Crippen LogP contribution in [0.15, 0.2) is 18.2 Å². The van der Waals surface area contributed by atoms with Gasteiger partial charge in [-0.25, -0.2) is 0 Å². The molecule has 2 rings (SSSR count). The predicted octanol–water partition coefficient (Wildman–Crippen LogP) is 1.13. The molecule has 0 amide bonds. The van der Waals surface area contributed by atoms with Crippen LogP contribution >= 0.6 is 0 Å². The average molecular weight is 273 g/mol. The first-order valence-corrected chi connectivity index (χ1v) is 5.47. The molecule has 0 aliphatic rings. The summed E-state index contributed by atoms with van der Waals surface area (Å²) in [5.41, 5.74) is 6.50. The number of hydrogen-bond donors (Lipinski definition) is 1. The van der Waals surface area contributed by atoms with Crippen molar-refractivity contribution >= 4 is 5.69 Å². The van der Waals surface area contributed by atoms with E-state index in [0.29, 0.717) is 17.0 Å². The van der Waals surface area contributed by atoms with Crippen LogP contribution in [0, 0.1) is 11.3 Å². The fourth-order valence-corrected chi connectivity index (χ4v) is 1.36. The van der Waals surface area contributed by atoms with Crippen LogP contribution in [0.5, 0.6) is 23.8 Å². The van der Waals surface area contributed by atoms with Crippen molar-refractivity contribution in [2.75, 3.05) is 20.0 Å². The number of rotatable bonds is 4. The summed E-state index contributed by atoms with van der Waals surface area (Å²) in [7, 11) is 2.82. The highest BCUT2D eigenvalue weighted by atomic mass is 16.5. The van der Waals surface area contributed by atoms with Crippen molar-refractivity contribution in [3.63, 3.8) is 0 Å². The van der Waals surface area contributed by atoms with Gasteiger partial charge in [-0.1, -0.05) is 0 Å². The zero-order valence-electron chi connectivity index (χ0n) is 10.8. The molecular formula is C12H11N5O3. The van der Waals surface area contributed by atoms with Gasteiger partial charge in [0.1, 0.15) is 0 Å². The maximum atomic E-state index is 8.77. The summed E-state index contributed by atoms with van der Waals surface area (Å²) >= 11 is 0. The number of ether oxygens (including phenoxy) is 3. The van der Waals surface area contributed by atoms with Gasteiger partial charge in [-0.15, -0.1) is 15.0 Å². The van der Waals surface area contributed by atoms with Crippen LogP contribution in [0.3, 0.4) is 0 Å². The zero-order chi connectivity index (χ0) is 14.5. The van der Waals surface area contributed by atoms with E-state index in [1.165, 1.54) is 20.3 Å². The summed E-state index contributed by atoms with van der Waals surface area (Å²) in [6.07, 6.45) is 0. The lowest BCUT2D eigenvalue weighted by Crippen LogP contribution is -2.02. The van der Waals surface area contributed by atoms with Crippen LogP contribution in [0.4, 0.5) is 5.69 Å². The Kier molecular flexibility index (Phi) is 3.81. The van der Waals surface area contributed by atoms with Gasteiger partial charge < -0.3 is 19.9 Å². The van der Waals surface area contributed by atoms with Gasteiger partial charge in [-0.2, -0.15) is 5.26 Å². The van der Waals surface area contributed by atoms with E-state index in [9.17, 15) is 0 Å². The second-order valence-electron chi connectivity index (χ2n) is 3.56. The van der Waals surface area contributed by atoms with E-state index in [2.05, 4.69) is 15.0 Å². The SMILES string of the molecule is COc1nc(OC)nc(Oc2ccc(C#N)cc2N)n1. The Hall–Kier alpha value is -3.08. The van der Waals surface area contributed by atoms with Crippen LogP contribution in [-0.4, -0.2) is 29.2 Å². The highest BCUT2D eigenvalue weighted by molar-refractivity contribution is 5.57. The van der Waals surface area contributed by atoms with Crippen LogP contribution in [-0.2, 0) is 0 Å². The van der Waals surface area contributed by atoms with E-state index in [1.807, 2.05) is 6.07 Å². The van der Waals surface area contributed by atoms with Gasteiger partial charge in [0.2, 0.25) is 0 Å². The second-order valence-corrected chi connectivity index (χ2v) is 3.56. The summed E-state index contributed by atoms with van der Waals surface area (Å²) in [5, 5.41) is 8.77. The van der Waals surface area contributed by atoms with Crippen molar-refractivity contribution < 1.29 is 14.2 Å². The minimum absolute atomic E-state index is 0.0230. The predicted molar refractivity (Wildman–Crippen MR) is 68.6 cm³/mol. The fraction of sp³-hybridized carbons (Fsp3) is 0.167. The van der Waals surface area contributed by atoms with Crippen molar-refractivity contribution in [2.45, 2.75) is 0 Å². The number of nitrogens with two attached hydrogens (primary N) is 1. The van der Waals surface area contributed by atoms with Crippen molar-refractivity contribution in [1.29, 1.82) is 5.26 Å². The lowest BCUT2D eigenvalue weighted by Gasteiger charge is -2.08. The average Bonchev–Trinajstić information content (AvgIpc) is 2.48. The molecule has 0 atom stereocenters. The Morgan fingerprint density at radius 1 is 1.05 bits per heavy atom. The molecule has 1 heterocycles. The molecule has 0 unspecified atom stereocenters. The highest BCUT2D eigenvalue weighted by Gasteiger charge is 2.11. The van der Waals surface area contributed by atoms with Gasteiger partial charge in [0, 0.05) is 0 Å². The Morgan fingerprint density at radius 2 is 1.65 bits per heavy atom. The number of methoxy groups -OCH3 is 2. The van der Waals surface area contributed by atoms with E-state index < -0.39 is 0 Å². The summed E-state index contributed by atoms with van der Waals surface area (Å²) in [5.74, 6) is 0.319. The lowest BCUT2D eigenvalue weighted by atomic mass is 10.2. The first kappa shape index (κ1) is 13.4. The molecule has 0 radical (unpaired) electrons. The Morgan fingerprint density at radius 3 is 2.15 bits per heavy atom. The fourth-order valence-electron chi connectivity index (χ4n) is 1.36. The van der Waals surface area contributed by atoms with Crippen molar-refractivity contribution in [1.82, 2.24) is 15.0 Å².